The molecule has 8 heteroatoms. The minimum Gasteiger partial charge on any atom is -0.324 e. The normalized spacial score (nSPS) is 15.1. The number of halogens is 1. The molecule has 1 aliphatic heterocycles. The molecule has 0 saturated carbocycles. The van der Waals surface area contributed by atoms with Gasteiger partial charge in [-0.25, -0.2) is 14.2 Å². The van der Waals surface area contributed by atoms with E-state index in [2.05, 4.69) is 15.6 Å². The SMILES string of the molecule is O=C(Nc1nccs1)C1CCN(C(=O)Nc2ccc(F)cc2)CC1. The first-order valence-electron chi connectivity index (χ1n) is 7.63. The summed E-state index contributed by atoms with van der Waals surface area (Å²) in [5, 5.41) is 7.92. The van der Waals surface area contributed by atoms with Crippen LogP contribution in [0.1, 0.15) is 12.8 Å². The van der Waals surface area contributed by atoms with Gasteiger partial charge in [0.2, 0.25) is 5.91 Å². The highest BCUT2D eigenvalue weighted by atomic mass is 32.1. The van der Waals surface area contributed by atoms with Crippen molar-refractivity contribution in [2.45, 2.75) is 12.8 Å². The molecule has 24 heavy (non-hydrogen) atoms. The van der Waals surface area contributed by atoms with Gasteiger partial charge in [0.05, 0.1) is 0 Å². The summed E-state index contributed by atoms with van der Waals surface area (Å²) in [6.07, 6.45) is 2.85. The lowest BCUT2D eigenvalue weighted by molar-refractivity contribution is -0.121. The Bertz CT molecular complexity index is 697. The lowest BCUT2D eigenvalue weighted by Gasteiger charge is -2.31. The minimum absolute atomic E-state index is 0.0523. The Labute approximate surface area is 142 Å². The molecule has 2 aromatic rings. The molecule has 1 saturated heterocycles. The summed E-state index contributed by atoms with van der Waals surface area (Å²) >= 11 is 1.38. The highest BCUT2D eigenvalue weighted by Gasteiger charge is 2.27. The average Bonchev–Trinajstić information content (AvgIpc) is 3.10. The Morgan fingerprint density at radius 2 is 1.88 bits per heavy atom. The second-order valence-corrected chi connectivity index (χ2v) is 6.42. The fraction of sp³-hybridized carbons (Fsp3) is 0.312. The van der Waals surface area contributed by atoms with E-state index < -0.39 is 0 Å². The molecule has 0 radical (unpaired) electrons. The Kier molecular flexibility index (Phi) is 5.05. The van der Waals surface area contributed by atoms with Crippen molar-refractivity contribution in [3.8, 4) is 0 Å². The summed E-state index contributed by atoms with van der Waals surface area (Å²) in [5.74, 6) is -0.521. The smallest absolute Gasteiger partial charge is 0.321 e. The second-order valence-electron chi connectivity index (χ2n) is 5.52. The largest absolute Gasteiger partial charge is 0.324 e. The van der Waals surface area contributed by atoms with Gasteiger partial charge in [-0.2, -0.15) is 0 Å². The van der Waals surface area contributed by atoms with Gasteiger partial charge in [-0.1, -0.05) is 0 Å². The first-order valence-corrected chi connectivity index (χ1v) is 8.51. The number of carbonyl (C=O) groups excluding carboxylic acids is 2. The first kappa shape index (κ1) is 16.4. The van der Waals surface area contributed by atoms with Crippen LogP contribution in [0.5, 0.6) is 0 Å². The predicted octanol–water partition coefficient (Wildman–Crippen LogP) is 3.16. The van der Waals surface area contributed by atoms with Crippen molar-refractivity contribution in [3.63, 3.8) is 0 Å². The number of nitrogens with one attached hydrogen (secondary N) is 2. The number of likely N-dealkylation sites (tertiary alicyclic amines) is 1. The maximum atomic E-state index is 12.9. The van der Waals surface area contributed by atoms with E-state index in [1.54, 1.807) is 16.5 Å². The van der Waals surface area contributed by atoms with Crippen LogP contribution in [0.4, 0.5) is 20.0 Å². The van der Waals surface area contributed by atoms with Crippen molar-refractivity contribution in [1.29, 1.82) is 0 Å². The van der Waals surface area contributed by atoms with E-state index in [0.717, 1.165) is 0 Å². The van der Waals surface area contributed by atoms with Gasteiger partial charge in [0.25, 0.3) is 0 Å². The number of benzene rings is 1. The Balaban J connectivity index is 1.48. The molecular formula is C16H17FN4O2S. The summed E-state index contributed by atoms with van der Waals surface area (Å²) in [4.78, 5) is 30.1. The van der Waals surface area contributed by atoms with Crippen molar-refractivity contribution in [1.82, 2.24) is 9.88 Å². The number of thiazole rings is 1. The van der Waals surface area contributed by atoms with Gasteiger partial charge in [-0.15, -0.1) is 11.3 Å². The van der Waals surface area contributed by atoms with Crippen LogP contribution in [-0.2, 0) is 4.79 Å². The fourth-order valence-corrected chi connectivity index (χ4v) is 3.10. The van der Waals surface area contributed by atoms with Gasteiger partial charge in [0, 0.05) is 36.3 Å². The second kappa shape index (κ2) is 7.39. The maximum Gasteiger partial charge on any atom is 0.321 e. The lowest BCUT2D eigenvalue weighted by atomic mass is 9.96. The number of amides is 3. The third-order valence-electron chi connectivity index (χ3n) is 3.91. The molecule has 3 amide bonds. The van der Waals surface area contributed by atoms with Crippen LogP contribution in [-0.4, -0.2) is 34.9 Å². The van der Waals surface area contributed by atoms with Gasteiger partial charge in [-0.3, -0.25) is 4.79 Å². The molecule has 1 fully saturated rings. The topological polar surface area (TPSA) is 74.3 Å². The molecule has 1 aromatic carbocycles. The number of aromatic nitrogens is 1. The van der Waals surface area contributed by atoms with Gasteiger partial charge in [-0.05, 0) is 37.1 Å². The number of hydrogen-bond donors (Lipinski definition) is 2. The third-order valence-corrected chi connectivity index (χ3v) is 4.60. The van der Waals surface area contributed by atoms with E-state index in [-0.39, 0.29) is 23.7 Å². The van der Waals surface area contributed by atoms with Gasteiger partial charge < -0.3 is 15.5 Å². The number of anilines is 2. The fourth-order valence-electron chi connectivity index (χ4n) is 2.57. The number of rotatable bonds is 3. The molecule has 0 unspecified atom stereocenters. The van der Waals surface area contributed by atoms with Crippen LogP contribution in [0.3, 0.4) is 0 Å². The van der Waals surface area contributed by atoms with E-state index >= 15 is 0 Å². The molecule has 3 rings (SSSR count). The van der Waals surface area contributed by atoms with Crippen molar-refractivity contribution in [2.24, 2.45) is 5.92 Å². The van der Waals surface area contributed by atoms with E-state index in [9.17, 15) is 14.0 Å². The van der Waals surface area contributed by atoms with Crippen molar-refractivity contribution in [2.75, 3.05) is 23.7 Å². The van der Waals surface area contributed by atoms with Crippen LogP contribution < -0.4 is 10.6 Å². The monoisotopic (exact) mass is 348 g/mol. The maximum absolute atomic E-state index is 12.9. The van der Waals surface area contributed by atoms with Crippen LogP contribution in [0.15, 0.2) is 35.8 Å². The number of hydrogen-bond acceptors (Lipinski definition) is 4. The Hall–Kier alpha value is -2.48. The van der Waals surface area contributed by atoms with Crippen LogP contribution in [0.25, 0.3) is 0 Å². The summed E-state index contributed by atoms with van der Waals surface area (Å²) < 4.78 is 12.9. The highest BCUT2D eigenvalue weighted by Crippen LogP contribution is 2.21. The van der Waals surface area contributed by atoms with Crippen LogP contribution >= 0.6 is 11.3 Å². The van der Waals surface area contributed by atoms with Crippen LogP contribution in [0.2, 0.25) is 0 Å². The molecule has 126 valence electrons. The van der Waals surface area contributed by atoms with E-state index in [0.29, 0.717) is 36.8 Å². The molecule has 0 bridgehead atoms. The average molecular weight is 348 g/mol. The van der Waals surface area contributed by atoms with Gasteiger partial charge in [0.1, 0.15) is 5.82 Å². The third kappa shape index (κ3) is 4.08. The van der Waals surface area contributed by atoms with Crippen molar-refractivity contribution >= 4 is 34.1 Å². The summed E-state index contributed by atoms with van der Waals surface area (Å²) in [5.41, 5.74) is 0.546. The number of carbonyl (C=O) groups is 2. The molecule has 0 aliphatic carbocycles. The Morgan fingerprint density at radius 1 is 1.17 bits per heavy atom. The number of nitrogens with zero attached hydrogens (tertiary/aromatic N) is 2. The van der Waals surface area contributed by atoms with Crippen LogP contribution in [0, 0.1) is 11.7 Å². The molecule has 1 aliphatic rings. The standard InChI is InChI=1S/C16H17FN4O2S/c17-12-1-3-13(4-2-12)19-16(23)21-8-5-11(6-9-21)14(22)20-15-18-7-10-24-15/h1-4,7,10-11H,5-6,8-9H2,(H,19,23)(H,18,20,22). The van der Waals surface area contributed by atoms with Gasteiger partial charge >= 0.3 is 6.03 Å². The summed E-state index contributed by atoms with van der Waals surface area (Å²) in [6.45, 7) is 1.01. The van der Waals surface area contributed by atoms with E-state index in [1.165, 1.54) is 35.6 Å². The quantitative estimate of drug-likeness (QED) is 0.895. The van der Waals surface area contributed by atoms with Crippen molar-refractivity contribution < 1.29 is 14.0 Å². The summed E-state index contributed by atoms with van der Waals surface area (Å²) in [7, 11) is 0. The molecular weight excluding hydrogens is 331 g/mol. The van der Waals surface area contributed by atoms with E-state index in [4.69, 9.17) is 0 Å². The molecule has 0 spiro atoms. The van der Waals surface area contributed by atoms with E-state index in [1.807, 2.05) is 0 Å². The number of urea groups is 1. The van der Waals surface area contributed by atoms with Crippen molar-refractivity contribution in [3.05, 3.63) is 41.7 Å². The molecule has 1 aromatic heterocycles. The predicted molar refractivity (Wildman–Crippen MR) is 90.5 cm³/mol. The zero-order valence-electron chi connectivity index (χ0n) is 12.9. The zero-order chi connectivity index (χ0) is 16.9. The van der Waals surface area contributed by atoms with Gasteiger partial charge in [0.15, 0.2) is 5.13 Å². The minimum atomic E-state index is -0.347. The molecule has 2 N–H and O–H groups in total. The highest BCUT2D eigenvalue weighted by molar-refractivity contribution is 7.13. The molecule has 2 heterocycles. The molecule has 0 atom stereocenters. The molecule has 6 nitrogen and oxygen atoms in total. The Morgan fingerprint density at radius 3 is 2.50 bits per heavy atom. The lowest BCUT2D eigenvalue weighted by Crippen LogP contribution is -2.43. The zero-order valence-corrected chi connectivity index (χ0v) is 13.7. The summed E-state index contributed by atoms with van der Waals surface area (Å²) in [6, 6.07) is 5.39. The number of piperidine rings is 1. The first-order chi connectivity index (χ1) is 11.6.